The molecule has 3 heteroatoms. The lowest BCUT2D eigenvalue weighted by Gasteiger charge is -2.35. The molecule has 0 aliphatic heterocycles. The molecule has 0 bridgehead atoms. The second-order valence-electron chi connectivity index (χ2n) is 4.58. The molecule has 16 heavy (non-hydrogen) atoms. The maximum absolute atomic E-state index is 10.2. The molecule has 0 spiro atoms. The lowest BCUT2D eigenvalue weighted by molar-refractivity contribution is 0.0420. The highest BCUT2D eigenvalue weighted by Gasteiger charge is 2.31. The number of aliphatic hydroxyl groups is 1. The van der Waals surface area contributed by atoms with Crippen LogP contribution < -0.4 is 5.73 Å². The van der Waals surface area contributed by atoms with Gasteiger partial charge in [0, 0.05) is 17.5 Å². The summed E-state index contributed by atoms with van der Waals surface area (Å²) in [5, 5.41) is 11.0. The molecule has 0 heterocycles. The molecule has 2 unspecified atom stereocenters. The van der Waals surface area contributed by atoms with E-state index >= 15 is 0 Å². The van der Waals surface area contributed by atoms with Crippen LogP contribution >= 0.6 is 11.6 Å². The van der Waals surface area contributed by atoms with Crippen molar-refractivity contribution >= 4 is 11.6 Å². The molecule has 1 aliphatic rings. The summed E-state index contributed by atoms with van der Waals surface area (Å²) in [7, 11) is 0. The van der Waals surface area contributed by atoms with E-state index in [4.69, 9.17) is 17.3 Å². The van der Waals surface area contributed by atoms with Gasteiger partial charge in [-0.05, 0) is 36.5 Å². The zero-order chi connectivity index (χ0) is 11.5. The van der Waals surface area contributed by atoms with Gasteiger partial charge >= 0.3 is 0 Å². The third kappa shape index (κ3) is 2.40. The van der Waals surface area contributed by atoms with E-state index in [1.807, 2.05) is 24.3 Å². The monoisotopic (exact) mass is 239 g/mol. The third-order valence-corrected chi connectivity index (χ3v) is 3.81. The van der Waals surface area contributed by atoms with Crippen LogP contribution in [0.5, 0.6) is 0 Å². The van der Waals surface area contributed by atoms with Crippen LogP contribution in [0.15, 0.2) is 24.3 Å². The molecule has 0 aromatic heterocycles. The summed E-state index contributed by atoms with van der Waals surface area (Å²) in [6.45, 7) is 0.470. The van der Waals surface area contributed by atoms with Crippen molar-refractivity contribution in [2.75, 3.05) is 6.54 Å². The van der Waals surface area contributed by atoms with Gasteiger partial charge in [-0.3, -0.25) is 0 Å². The summed E-state index contributed by atoms with van der Waals surface area (Å²) in [6, 6.07) is 7.65. The Hall–Kier alpha value is -0.570. The van der Waals surface area contributed by atoms with E-state index in [0.717, 1.165) is 18.4 Å². The molecule has 2 atom stereocenters. The largest absolute Gasteiger partial charge is 0.392 e. The Morgan fingerprint density at radius 1 is 1.44 bits per heavy atom. The lowest BCUT2D eigenvalue weighted by Crippen LogP contribution is -2.35. The summed E-state index contributed by atoms with van der Waals surface area (Å²) < 4.78 is 0. The van der Waals surface area contributed by atoms with Crippen LogP contribution in [0.25, 0.3) is 0 Å². The zero-order valence-corrected chi connectivity index (χ0v) is 10.0. The van der Waals surface area contributed by atoms with Gasteiger partial charge in [0.15, 0.2) is 0 Å². The van der Waals surface area contributed by atoms with Crippen molar-refractivity contribution in [1.82, 2.24) is 0 Å². The Morgan fingerprint density at radius 3 is 2.69 bits per heavy atom. The molecule has 3 N–H and O–H groups in total. The van der Waals surface area contributed by atoms with Gasteiger partial charge in [0.1, 0.15) is 0 Å². The van der Waals surface area contributed by atoms with Crippen LogP contribution in [0.1, 0.15) is 30.7 Å². The van der Waals surface area contributed by atoms with Gasteiger partial charge in [-0.2, -0.15) is 0 Å². The van der Waals surface area contributed by atoms with Gasteiger partial charge in [-0.15, -0.1) is 0 Å². The highest BCUT2D eigenvalue weighted by molar-refractivity contribution is 6.30. The van der Waals surface area contributed by atoms with Crippen LogP contribution in [0.4, 0.5) is 0 Å². The summed E-state index contributed by atoms with van der Waals surface area (Å²) in [5.41, 5.74) is 6.82. The highest BCUT2D eigenvalue weighted by atomic mass is 35.5. The average Bonchev–Trinajstić information content (AvgIpc) is 2.16. The number of hydrogen-bond donors (Lipinski definition) is 2. The van der Waals surface area contributed by atoms with Crippen LogP contribution in [-0.4, -0.2) is 17.8 Å². The van der Waals surface area contributed by atoms with Gasteiger partial charge in [0.2, 0.25) is 0 Å². The first-order valence-corrected chi connectivity index (χ1v) is 6.23. The van der Waals surface area contributed by atoms with Crippen molar-refractivity contribution in [2.45, 2.75) is 31.3 Å². The molecule has 1 aliphatic carbocycles. The first kappa shape index (κ1) is 11.9. The van der Waals surface area contributed by atoms with Crippen LogP contribution in [0.3, 0.4) is 0 Å². The van der Waals surface area contributed by atoms with E-state index < -0.39 is 0 Å². The molecule has 1 aromatic rings. The second-order valence-corrected chi connectivity index (χ2v) is 5.02. The summed E-state index contributed by atoms with van der Waals surface area (Å²) >= 11 is 5.96. The molecule has 0 saturated heterocycles. The minimum atomic E-state index is -0.322. The van der Waals surface area contributed by atoms with E-state index in [2.05, 4.69) is 0 Å². The van der Waals surface area contributed by atoms with Gasteiger partial charge in [-0.25, -0.2) is 0 Å². The summed E-state index contributed by atoms with van der Waals surface area (Å²) in [6.07, 6.45) is 3.16. The van der Waals surface area contributed by atoms with Gasteiger partial charge in [0.05, 0.1) is 6.10 Å². The predicted octanol–water partition coefficient (Wildman–Crippen LogP) is 2.54. The molecule has 0 radical (unpaired) electrons. The smallest absolute Gasteiger partial charge is 0.0648 e. The fourth-order valence-electron chi connectivity index (χ4n) is 2.32. The topological polar surface area (TPSA) is 46.2 Å². The van der Waals surface area contributed by atoms with E-state index in [1.165, 1.54) is 6.42 Å². The second kappa shape index (κ2) is 5.17. The van der Waals surface area contributed by atoms with Crippen molar-refractivity contribution in [3.05, 3.63) is 34.9 Å². The molecule has 2 rings (SSSR count). The molecular formula is C13H18ClNO. The Labute approximate surface area is 101 Å². The molecule has 1 saturated carbocycles. The molecule has 1 aromatic carbocycles. The predicted molar refractivity (Wildman–Crippen MR) is 66.6 cm³/mol. The van der Waals surface area contributed by atoms with E-state index in [1.54, 1.807) is 0 Å². The number of nitrogens with two attached hydrogens (primary N) is 1. The number of rotatable bonds is 4. The first-order chi connectivity index (χ1) is 7.72. The van der Waals surface area contributed by atoms with Gasteiger partial charge in [0.25, 0.3) is 0 Å². The minimum Gasteiger partial charge on any atom is -0.392 e. The average molecular weight is 240 g/mol. The molecule has 1 fully saturated rings. The SMILES string of the molecule is NCC(c1cccc(Cl)c1)C(O)C1CCC1. The van der Waals surface area contributed by atoms with Crippen molar-refractivity contribution < 1.29 is 5.11 Å². The maximum atomic E-state index is 10.2. The third-order valence-electron chi connectivity index (χ3n) is 3.58. The molecule has 88 valence electrons. The Kier molecular flexibility index (Phi) is 3.85. The Balaban J connectivity index is 2.14. The molecular weight excluding hydrogens is 222 g/mol. The Bertz CT molecular complexity index is 352. The van der Waals surface area contributed by atoms with Crippen LogP contribution in [0, 0.1) is 5.92 Å². The quantitative estimate of drug-likeness (QED) is 0.848. The molecule has 0 amide bonds. The lowest BCUT2D eigenvalue weighted by atomic mass is 9.75. The van der Waals surface area contributed by atoms with E-state index in [0.29, 0.717) is 17.5 Å². The minimum absolute atomic E-state index is 0.0176. The van der Waals surface area contributed by atoms with E-state index in [9.17, 15) is 5.11 Å². The van der Waals surface area contributed by atoms with Gasteiger partial charge in [-0.1, -0.05) is 30.2 Å². The Morgan fingerprint density at radius 2 is 2.19 bits per heavy atom. The van der Waals surface area contributed by atoms with Crippen molar-refractivity contribution in [3.8, 4) is 0 Å². The maximum Gasteiger partial charge on any atom is 0.0648 e. The zero-order valence-electron chi connectivity index (χ0n) is 9.27. The summed E-state index contributed by atoms with van der Waals surface area (Å²) in [4.78, 5) is 0. The normalized spacial score (nSPS) is 20.2. The number of aliphatic hydroxyl groups excluding tert-OH is 1. The summed E-state index contributed by atoms with van der Waals surface area (Å²) in [5.74, 6) is 0.441. The standard InChI is InChI=1S/C13H18ClNO/c14-11-6-2-5-10(7-11)12(8-15)13(16)9-3-1-4-9/h2,5-7,9,12-13,16H,1,3-4,8,15H2. The highest BCUT2D eigenvalue weighted by Crippen LogP contribution is 2.36. The fraction of sp³-hybridized carbons (Fsp3) is 0.538. The van der Waals surface area contributed by atoms with E-state index in [-0.39, 0.29) is 12.0 Å². The fourth-order valence-corrected chi connectivity index (χ4v) is 2.52. The van der Waals surface area contributed by atoms with Crippen LogP contribution in [0.2, 0.25) is 5.02 Å². The van der Waals surface area contributed by atoms with Crippen LogP contribution in [-0.2, 0) is 0 Å². The number of halogens is 1. The first-order valence-electron chi connectivity index (χ1n) is 5.86. The van der Waals surface area contributed by atoms with Crippen molar-refractivity contribution in [1.29, 1.82) is 0 Å². The number of hydrogen-bond acceptors (Lipinski definition) is 2. The molecule has 2 nitrogen and oxygen atoms in total. The van der Waals surface area contributed by atoms with Crippen molar-refractivity contribution in [3.63, 3.8) is 0 Å². The number of benzene rings is 1. The van der Waals surface area contributed by atoms with Gasteiger partial charge < -0.3 is 10.8 Å². The van der Waals surface area contributed by atoms with Crippen molar-refractivity contribution in [2.24, 2.45) is 11.7 Å².